The van der Waals surface area contributed by atoms with Gasteiger partial charge in [-0.3, -0.25) is 0 Å². The summed E-state index contributed by atoms with van der Waals surface area (Å²) in [6, 6.07) is 7.46. The van der Waals surface area contributed by atoms with Crippen LogP contribution in [-0.4, -0.2) is 48.3 Å². The molecular weight excluding hydrogens is 409 g/mol. The van der Waals surface area contributed by atoms with E-state index in [4.69, 9.17) is 10.5 Å². The second-order valence-corrected chi connectivity index (χ2v) is 7.39. The summed E-state index contributed by atoms with van der Waals surface area (Å²) in [6.45, 7) is 1.09. The second-order valence-electron chi connectivity index (χ2n) is 7.39. The van der Waals surface area contributed by atoms with Gasteiger partial charge < -0.3 is 20.7 Å². The van der Waals surface area contributed by atoms with Gasteiger partial charge in [-0.1, -0.05) is 6.07 Å². The zero-order valence-electron chi connectivity index (χ0n) is 17.2. The van der Waals surface area contributed by atoms with Crippen LogP contribution in [0.2, 0.25) is 0 Å². The monoisotopic (exact) mass is 432 g/mol. The van der Waals surface area contributed by atoms with E-state index in [0.717, 1.165) is 18.9 Å². The van der Waals surface area contributed by atoms with Crippen molar-refractivity contribution in [2.75, 3.05) is 43.3 Å². The zero-order chi connectivity index (χ0) is 22.2. The minimum Gasteiger partial charge on any atom is -0.383 e. The highest BCUT2D eigenvalue weighted by molar-refractivity contribution is 5.91. The Morgan fingerprint density at radius 3 is 2.71 bits per heavy atom. The summed E-state index contributed by atoms with van der Waals surface area (Å²) < 4.78 is 47.3. The highest BCUT2D eigenvalue weighted by atomic mass is 19.4. The number of pyridine rings is 1. The molecule has 164 valence electrons. The number of nitrogens with one attached hydrogen (secondary N) is 1. The molecule has 3 aromatic rings. The van der Waals surface area contributed by atoms with Gasteiger partial charge in [-0.2, -0.15) is 23.1 Å². The first-order valence-electron chi connectivity index (χ1n) is 9.91. The molecule has 1 aromatic carbocycles. The molecule has 1 saturated heterocycles. The van der Waals surface area contributed by atoms with Gasteiger partial charge in [0.15, 0.2) is 5.65 Å². The van der Waals surface area contributed by atoms with Crippen molar-refractivity contribution in [3.05, 3.63) is 35.9 Å². The number of fused-ring (bicyclic) bond motifs is 1. The Morgan fingerprint density at radius 2 is 2.00 bits per heavy atom. The summed E-state index contributed by atoms with van der Waals surface area (Å²) >= 11 is 0. The quantitative estimate of drug-likeness (QED) is 0.631. The fourth-order valence-electron chi connectivity index (χ4n) is 4.16. The average Bonchev–Trinajstić information content (AvgIpc) is 3.19. The lowest BCUT2D eigenvalue weighted by atomic mass is 9.99. The molecule has 3 N–H and O–H groups in total. The van der Waals surface area contributed by atoms with Crippen molar-refractivity contribution in [3.63, 3.8) is 0 Å². The predicted octanol–water partition coefficient (Wildman–Crippen LogP) is 3.95. The van der Waals surface area contributed by atoms with E-state index >= 15 is 0 Å². The number of ether oxygens (including phenoxy) is 1. The van der Waals surface area contributed by atoms with Crippen LogP contribution in [0.15, 0.2) is 30.3 Å². The summed E-state index contributed by atoms with van der Waals surface area (Å²) in [4.78, 5) is 14.7. The van der Waals surface area contributed by atoms with Crippen molar-refractivity contribution < 1.29 is 17.9 Å². The number of benzene rings is 1. The van der Waals surface area contributed by atoms with Crippen LogP contribution in [0.3, 0.4) is 0 Å². The van der Waals surface area contributed by atoms with E-state index in [2.05, 4.69) is 20.3 Å². The van der Waals surface area contributed by atoms with E-state index in [1.165, 1.54) is 6.07 Å². The Balaban J connectivity index is 1.94. The molecule has 0 aliphatic carbocycles. The maximum atomic E-state index is 14.0. The zero-order valence-corrected chi connectivity index (χ0v) is 17.2. The maximum Gasteiger partial charge on any atom is 0.417 e. The maximum absolute atomic E-state index is 14.0. The third kappa shape index (κ3) is 3.95. The number of hydrogen-bond acceptors (Lipinski definition) is 7. The van der Waals surface area contributed by atoms with Gasteiger partial charge >= 0.3 is 6.18 Å². The summed E-state index contributed by atoms with van der Waals surface area (Å²) in [5.74, 6) is 0.455. The van der Waals surface area contributed by atoms with Gasteiger partial charge in [0.05, 0.1) is 29.3 Å². The molecule has 0 unspecified atom stereocenters. The Hall–Kier alpha value is -3.14. The van der Waals surface area contributed by atoms with Gasteiger partial charge in [0.2, 0.25) is 5.95 Å². The van der Waals surface area contributed by atoms with Gasteiger partial charge in [-0.05, 0) is 37.1 Å². The van der Waals surface area contributed by atoms with Crippen LogP contribution in [0.4, 0.5) is 30.6 Å². The Kier molecular flexibility index (Phi) is 5.57. The van der Waals surface area contributed by atoms with Gasteiger partial charge in [0.1, 0.15) is 5.82 Å². The average molecular weight is 432 g/mol. The Morgan fingerprint density at radius 1 is 1.19 bits per heavy atom. The smallest absolute Gasteiger partial charge is 0.383 e. The SMILES string of the molecule is CNc1nc(N)nc2nc(-c3c(N4CCC[C@H]4COC)cccc3C(F)(F)F)ccc12. The number of nitrogen functional groups attached to an aromatic ring is 1. The van der Waals surface area contributed by atoms with E-state index in [1.807, 2.05) is 4.90 Å². The summed E-state index contributed by atoms with van der Waals surface area (Å²) in [6.07, 6.45) is -2.81. The molecule has 3 heterocycles. The van der Waals surface area contributed by atoms with Crippen LogP contribution in [0.25, 0.3) is 22.3 Å². The molecule has 1 aliphatic heterocycles. The van der Waals surface area contributed by atoms with E-state index in [1.54, 1.807) is 32.4 Å². The molecule has 0 bridgehead atoms. The van der Waals surface area contributed by atoms with Gasteiger partial charge in [0.25, 0.3) is 0 Å². The first-order valence-corrected chi connectivity index (χ1v) is 9.91. The van der Waals surface area contributed by atoms with Crippen LogP contribution < -0.4 is 16.0 Å². The van der Waals surface area contributed by atoms with Gasteiger partial charge in [-0.25, -0.2) is 4.98 Å². The van der Waals surface area contributed by atoms with E-state index < -0.39 is 11.7 Å². The molecule has 7 nitrogen and oxygen atoms in total. The lowest BCUT2D eigenvalue weighted by molar-refractivity contribution is -0.137. The minimum atomic E-state index is -4.54. The van der Waals surface area contributed by atoms with E-state index in [0.29, 0.717) is 30.0 Å². The predicted molar refractivity (Wildman–Crippen MR) is 114 cm³/mol. The number of halogens is 3. The largest absolute Gasteiger partial charge is 0.417 e. The lowest BCUT2D eigenvalue weighted by Gasteiger charge is -2.29. The van der Waals surface area contributed by atoms with Crippen molar-refractivity contribution in [1.82, 2.24) is 15.0 Å². The van der Waals surface area contributed by atoms with Crippen LogP contribution in [-0.2, 0) is 10.9 Å². The molecule has 1 aliphatic rings. The Bertz CT molecular complexity index is 1100. The molecule has 31 heavy (non-hydrogen) atoms. The van der Waals surface area contributed by atoms with Crippen LogP contribution in [0, 0.1) is 0 Å². The van der Waals surface area contributed by atoms with Crippen LogP contribution in [0.1, 0.15) is 18.4 Å². The summed E-state index contributed by atoms with van der Waals surface area (Å²) in [5, 5.41) is 3.48. The number of anilines is 3. The Labute approximate surface area is 177 Å². The number of nitrogens with zero attached hydrogens (tertiary/aromatic N) is 4. The number of nitrogens with two attached hydrogens (primary N) is 1. The van der Waals surface area contributed by atoms with Gasteiger partial charge in [0, 0.05) is 32.0 Å². The third-order valence-electron chi connectivity index (χ3n) is 5.46. The van der Waals surface area contributed by atoms with Crippen molar-refractivity contribution in [2.45, 2.75) is 25.1 Å². The molecule has 0 amide bonds. The molecule has 1 fully saturated rings. The first-order chi connectivity index (χ1) is 14.8. The summed E-state index contributed by atoms with van der Waals surface area (Å²) in [5.41, 5.74) is 5.95. The number of hydrogen-bond donors (Lipinski definition) is 2. The van der Waals surface area contributed by atoms with Crippen LogP contribution >= 0.6 is 0 Å². The number of methoxy groups -OCH3 is 1. The number of alkyl halides is 3. The molecule has 10 heteroatoms. The third-order valence-corrected chi connectivity index (χ3v) is 5.46. The van der Waals surface area contributed by atoms with Crippen LogP contribution in [0.5, 0.6) is 0 Å². The molecular formula is C21H23F3N6O. The number of rotatable bonds is 5. The number of aromatic nitrogens is 3. The van der Waals surface area contributed by atoms with E-state index in [9.17, 15) is 13.2 Å². The topological polar surface area (TPSA) is 89.2 Å². The molecule has 0 radical (unpaired) electrons. The molecule has 1 atom stereocenters. The molecule has 4 rings (SSSR count). The van der Waals surface area contributed by atoms with E-state index in [-0.39, 0.29) is 28.9 Å². The first kappa shape index (κ1) is 21.1. The summed E-state index contributed by atoms with van der Waals surface area (Å²) in [7, 11) is 3.27. The normalized spacial score (nSPS) is 16.8. The fraction of sp³-hybridized carbons (Fsp3) is 0.381. The fourth-order valence-corrected chi connectivity index (χ4v) is 4.16. The second kappa shape index (κ2) is 8.18. The highest BCUT2D eigenvalue weighted by Gasteiger charge is 2.37. The van der Waals surface area contributed by atoms with Crippen molar-refractivity contribution in [3.8, 4) is 11.3 Å². The molecule has 0 spiro atoms. The van der Waals surface area contributed by atoms with Crippen molar-refractivity contribution in [2.24, 2.45) is 0 Å². The highest BCUT2D eigenvalue weighted by Crippen LogP contribution is 2.43. The standard InChI is InChI=1S/C21H23F3N6O/c1-26-18-13-8-9-15(27-19(13)29-20(25)28-18)17-14(21(22,23)24)6-3-7-16(17)30-10-4-5-12(30)11-31-2/h3,6-9,12H,4-5,10-11H2,1-2H3,(H3,25,26,27,28,29)/t12-/m0/s1. The minimum absolute atomic E-state index is 0.00144. The lowest BCUT2D eigenvalue weighted by Crippen LogP contribution is -2.33. The van der Waals surface area contributed by atoms with Gasteiger partial charge in [-0.15, -0.1) is 0 Å². The van der Waals surface area contributed by atoms with Crippen molar-refractivity contribution in [1.29, 1.82) is 0 Å². The van der Waals surface area contributed by atoms with Crippen molar-refractivity contribution >= 4 is 28.5 Å². The molecule has 0 saturated carbocycles. The molecule has 2 aromatic heterocycles.